The van der Waals surface area contributed by atoms with Crippen LogP contribution in [-0.2, 0) is 9.84 Å². The van der Waals surface area contributed by atoms with Gasteiger partial charge in [-0.1, -0.05) is 0 Å². The molecule has 0 atom stereocenters. The molecule has 0 aliphatic rings. The van der Waals surface area contributed by atoms with E-state index in [2.05, 4.69) is 5.32 Å². The molecular weight excluding hydrogens is 359 g/mol. The van der Waals surface area contributed by atoms with Gasteiger partial charge < -0.3 is 5.32 Å². The number of anilines is 1. The highest BCUT2D eigenvalue weighted by Gasteiger charge is 2.46. The average Bonchev–Trinajstić information content (AvgIpc) is 2.54. The lowest BCUT2D eigenvalue weighted by Crippen LogP contribution is -2.23. The van der Waals surface area contributed by atoms with E-state index in [1.165, 1.54) is 31.2 Å². The minimum absolute atomic E-state index is 0.0169. The smallest absolute Gasteiger partial charge is 0.322 e. The van der Waals surface area contributed by atoms with Crippen LogP contribution < -0.4 is 5.32 Å². The van der Waals surface area contributed by atoms with Gasteiger partial charge in [-0.3, -0.25) is 9.59 Å². The minimum Gasteiger partial charge on any atom is -0.322 e. The van der Waals surface area contributed by atoms with E-state index in [0.717, 1.165) is 24.3 Å². The first-order valence-electron chi connectivity index (χ1n) is 6.86. The van der Waals surface area contributed by atoms with Gasteiger partial charge in [0.1, 0.15) is 0 Å². The standard InChI is InChI=1S/C16H12F3NO4S/c1-10(21)11-2-6-13(7-3-11)20-15(22)12-4-8-14(9-5-12)25(23,24)16(17,18)19/h2-9H,1H3,(H,20,22). The molecule has 1 amide bonds. The number of rotatable bonds is 4. The van der Waals surface area contributed by atoms with E-state index < -0.39 is 26.1 Å². The lowest BCUT2D eigenvalue weighted by molar-refractivity contribution is -0.0436. The Kier molecular flexibility index (Phi) is 4.98. The number of halogens is 3. The maximum Gasteiger partial charge on any atom is 0.501 e. The topological polar surface area (TPSA) is 80.3 Å². The molecule has 1 N–H and O–H groups in total. The quantitative estimate of drug-likeness (QED) is 0.835. The third-order valence-corrected chi connectivity index (χ3v) is 4.78. The molecule has 25 heavy (non-hydrogen) atoms. The predicted octanol–water partition coefficient (Wildman–Crippen LogP) is 3.44. The summed E-state index contributed by atoms with van der Waals surface area (Å²) in [5.74, 6) is -0.772. The zero-order valence-electron chi connectivity index (χ0n) is 12.8. The number of carbonyl (C=O) groups is 2. The van der Waals surface area contributed by atoms with Crippen LogP contribution in [0.4, 0.5) is 18.9 Å². The van der Waals surface area contributed by atoms with E-state index in [9.17, 15) is 31.2 Å². The second-order valence-electron chi connectivity index (χ2n) is 5.06. The Labute approximate surface area is 141 Å². The van der Waals surface area contributed by atoms with E-state index in [-0.39, 0.29) is 11.3 Å². The van der Waals surface area contributed by atoms with Crippen LogP contribution in [0.15, 0.2) is 53.4 Å². The first-order valence-corrected chi connectivity index (χ1v) is 8.34. The highest BCUT2D eigenvalue weighted by molar-refractivity contribution is 7.92. The number of benzene rings is 2. The lowest BCUT2D eigenvalue weighted by atomic mass is 10.1. The van der Waals surface area contributed by atoms with E-state index >= 15 is 0 Å². The molecular formula is C16H12F3NO4S. The molecule has 2 rings (SSSR count). The summed E-state index contributed by atoms with van der Waals surface area (Å²) in [5, 5.41) is 2.49. The molecule has 0 radical (unpaired) electrons. The van der Waals surface area contributed by atoms with Gasteiger partial charge in [-0.25, -0.2) is 8.42 Å². The van der Waals surface area contributed by atoms with Crippen LogP contribution in [0.5, 0.6) is 0 Å². The van der Waals surface area contributed by atoms with E-state index in [4.69, 9.17) is 0 Å². The van der Waals surface area contributed by atoms with Gasteiger partial charge in [0.25, 0.3) is 15.7 Å². The molecule has 2 aromatic rings. The highest BCUT2D eigenvalue weighted by atomic mass is 32.2. The zero-order chi connectivity index (χ0) is 18.8. The molecule has 0 unspecified atom stereocenters. The number of ketones is 1. The number of hydrogen-bond donors (Lipinski definition) is 1. The molecule has 0 saturated carbocycles. The van der Waals surface area contributed by atoms with Crippen LogP contribution in [0.2, 0.25) is 0 Å². The van der Waals surface area contributed by atoms with Gasteiger partial charge >= 0.3 is 5.51 Å². The predicted molar refractivity (Wildman–Crippen MR) is 84.1 cm³/mol. The first-order chi connectivity index (χ1) is 11.5. The fourth-order valence-electron chi connectivity index (χ4n) is 1.91. The van der Waals surface area contributed by atoms with E-state index in [1.807, 2.05) is 0 Å². The minimum atomic E-state index is -5.45. The Morgan fingerprint density at radius 3 is 1.80 bits per heavy atom. The van der Waals surface area contributed by atoms with Crippen molar-refractivity contribution in [1.82, 2.24) is 0 Å². The van der Waals surface area contributed by atoms with Crippen molar-refractivity contribution < 1.29 is 31.2 Å². The van der Waals surface area contributed by atoms with Gasteiger partial charge in [-0.05, 0) is 55.5 Å². The number of alkyl halides is 3. The number of carbonyl (C=O) groups excluding carboxylic acids is 2. The van der Waals surface area contributed by atoms with Crippen molar-refractivity contribution in [1.29, 1.82) is 0 Å². The van der Waals surface area contributed by atoms with Crippen LogP contribution in [-0.4, -0.2) is 25.6 Å². The number of Topliss-reactive ketones (excluding diaryl/α,β-unsaturated/α-hetero) is 1. The molecule has 0 bridgehead atoms. The molecule has 0 fully saturated rings. The molecule has 0 heterocycles. The Morgan fingerprint density at radius 1 is 0.880 bits per heavy atom. The molecule has 0 aliphatic carbocycles. The normalized spacial score (nSPS) is 11.8. The molecule has 132 valence electrons. The van der Waals surface area contributed by atoms with Crippen molar-refractivity contribution in [2.75, 3.05) is 5.32 Å². The van der Waals surface area contributed by atoms with Gasteiger partial charge in [0.05, 0.1) is 4.90 Å². The van der Waals surface area contributed by atoms with E-state index in [1.54, 1.807) is 0 Å². The van der Waals surface area contributed by atoms with Crippen molar-refractivity contribution in [2.45, 2.75) is 17.3 Å². The zero-order valence-corrected chi connectivity index (χ0v) is 13.6. The summed E-state index contributed by atoms with van der Waals surface area (Å²) in [6, 6.07) is 9.42. The second-order valence-corrected chi connectivity index (χ2v) is 7.00. The SMILES string of the molecule is CC(=O)c1ccc(NC(=O)c2ccc(S(=O)(=O)C(F)(F)F)cc2)cc1. The molecule has 0 aliphatic heterocycles. The van der Waals surface area contributed by atoms with Gasteiger partial charge in [-0.15, -0.1) is 0 Å². The Balaban J connectivity index is 2.17. The molecule has 0 saturated heterocycles. The second kappa shape index (κ2) is 6.67. The van der Waals surface area contributed by atoms with Crippen molar-refractivity contribution in [3.8, 4) is 0 Å². The first kappa shape index (κ1) is 18.7. The Bertz CT molecular complexity index is 902. The monoisotopic (exact) mass is 371 g/mol. The fraction of sp³-hybridized carbons (Fsp3) is 0.125. The summed E-state index contributed by atoms with van der Waals surface area (Å²) in [6.45, 7) is 1.39. The summed E-state index contributed by atoms with van der Waals surface area (Å²) < 4.78 is 59.9. The van der Waals surface area contributed by atoms with Crippen molar-refractivity contribution in [2.24, 2.45) is 0 Å². The van der Waals surface area contributed by atoms with Crippen LogP contribution in [0.25, 0.3) is 0 Å². The van der Waals surface area contributed by atoms with Gasteiger partial charge in [0, 0.05) is 16.8 Å². The number of nitrogens with one attached hydrogen (secondary N) is 1. The largest absolute Gasteiger partial charge is 0.501 e. The molecule has 5 nitrogen and oxygen atoms in total. The maximum atomic E-state index is 12.5. The third-order valence-electron chi connectivity index (χ3n) is 3.28. The summed E-state index contributed by atoms with van der Waals surface area (Å²) in [7, 11) is -5.45. The molecule has 2 aromatic carbocycles. The summed E-state index contributed by atoms with van der Waals surface area (Å²) in [4.78, 5) is 22.3. The summed E-state index contributed by atoms with van der Waals surface area (Å²) in [6.07, 6.45) is 0. The Hall–Kier alpha value is -2.68. The average molecular weight is 371 g/mol. The lowest BCUT2D eigenvalue weighted by Gasteiger charge is -2.09. The summed E-state index contributed by atoms with van der Waals surface area (Å²) in [5.41, 5.74) is -4.59. The van der Waals surface area contributed by atoms with Crippen molar-refractivity contribution >= 4 is 27.2 Å². The van der Waals surface area contributed by atoms with Crippen molar-refractivity contribution in [3.63, 3.8) is 0 Å². The number of sulfone groups is 1. The van der Waals surface area contributed by atoms with Gasteiger partial charge in [-0.2, -0.15) is 13.2 Å². The maximum absolute atomic E-state index is 12.5. The fourth-order valence-corrected chi connectivity index (χ4v) is 2.67. The molecule has 9 heteroatoms. The van der Waals surface area contributed by atoms with Crippen LogP contribution in [0, 0.1) is 0 Å². The van der Waals surface area contributed by atoms with Crippen LogP contribution in [0.1, 0.15) is 27.6 Å². The number of amides is 1. The van der Waals surface area contributed by atoms with Gasteiger partial charge in [0.2, 0.25) is 0 Å². The molecule has 0 aromatic heterocycles. The third kappa shape index (κ3) is 4.05. The van der Waals surface area contributed by atoms with Crippen molar-refractivity contribution in [3.05, 3.63) is 59.7 Å². The van der Waals surface area contributed by atoms with E-state index in [0.29, 0.717) is 11.3 Å². The Morgan fingerprint density at radius 2 is 1.36 bits per heavy atom. The van der Waals surface area contributed by atoms with Gasteiger partial charge in [0.15, 0.2) is 5.78 Å². The van der Waals surface area contributed by atoms with Crippen LogP contribution >= 0.6 is 0 Å². The molecule has 0 spiro atoms. The number of hydrogen-bond acceptors (Lipinski definition) is 4. The van der Waals surface area contributed by atoms with Crippen LogP contribution in [0.3, 0.4) is 0 Å². The highest BCUT2D eigenvalue weighted by Crippen LogP contribution is 2.30. The summed E-state index contributed by atoms with van der Waals surface area (Å²) >= 11 is 0.